The van der Waals surface area contributed by atoms with Crippen molar-refractivity contribution in [3.05, 3.63) is 0 Å². The molecule has 2 heterocycles. The number of rotatable bonds is 5. The maximum Gasteiger partial charge on any atom is 0.214 e. The molecule has 2 saturated heterocycles. The SMILES string of the molecule is OCC1OC(O[C@]2(CCl)OC(CCl)[C@H](O)[C@H]2O)C(O)C(O)C1Cl. The summed E-state index contributed by atoms with van der Waals surface area (Å²) < 4.78 is 16.1. The number of hydrogen-bond acceptors (Lipinski definition) is 8. The molecule has 0 bridgehead atoms. The van der Waals surface area contributed by atoms with Gasteiger partial charge < -0.3 is 39.7 Å². The van der Waals surface area contributed by atoms with Crippen LogP contribution in [0, 0.1) is 0 Å². The zero-order valence-electron chi connectivity index (χ0n) is 11.8. The summed E-state index contributed by atoms with van der Waals surface area (Å²) in [7, 11) is 0. The van der Waals surface area contributed by atoms with E-state index in [1.165, 1.54) is 0 Å². The molecule has 0 amide bonds. The van der Waals surface area contributed by atoms with Crippen molar-refractivity contribution in [2.75, 3.05) is 18.4 Å². The molecular weight excluding hydrogens is 378 g/mol. The van der Waals surface area contributed by atoms with E-state index in [2.05, 4.69) is 0 Å². The zero-order valence-corrected chi connectivity index (χ0v) is 14.1. The van der Waals surface area contributed by atoms with Crippen LogP contribution in [0.4, 0.5) is 0 Å². The van der Waals surface area contributed by atoms with E-state index in [-0.39, 0.29) is 5.88 Å². The smallest absolute Gasteiger partial charge is 0.214 e. The van der Waals surface area contributed by atoms with Gasteiger partial charge in [-0.3, -0.25) is 0 Å². The van der Waals surface area contributed by atoms with Gasteiger partial charge in [0.25, 0.3) is 0 Å². The van der Waals surface area contributed by atoms with Crippen LogP contribution < -0.4 is 0 Å². The normalized spacial score (nSPS) is 51.1. The highest BCUT2D eigenvalue weighted by atomic mass is 35.5. The van der Waals surface area contributed by atoms with E-state index < -0.39 is 66.6 Å². The quantitative estimate of drug-likeness (QED) is 0.349. The Balaban J connectivity index is 2.18. The molecular formula is C12H19Cl3O8. The highest BCUT2D eigenvalue weighted by molar-refractivity contribution is 6.21. The van der Waals surface area contributed by atoms with E-state index >= 15 is 0 Å². The molecule has 0 aliphatic carbocycles. The Bertz CT molecular complexity index is 403. The number of halogens is 3. The average Bonchev–Trinajstić information content (AvgIpc) is 2.80. The van der Waals surface area contributed by atoms with E-state index in [1.54, 1.807) is 0 Å². The van der Waals surface area contributed by atoms with Gasteiger partial charge in [0.1, 0.15) is 36.6 Å². The van der Waals surface area contributed by atoms with E-state index in [0.29, 0.717) is 0 Å². The first-order chi connectivity index (χ1) is 10.8. The van der Waals surface area contributed by atoms with Gasteiger partial charge in [-0.2, -0.15) is 0 Å². The highest BCUT2D eigenvalue weighted by Gasteiger charge is 2.58. The Kier molecular flexibility index (Phi) is 6.77. The molecule has 8 nitrogen and oxygen atoms in total. The van der Waals surface area contributed by atoms with Gasteiger partial charge in [-0.05, 0) is 0 Å². The van der Waals surface area contributed by atoms with E-state index in [9.17, 15) is 25.5 Å². The van der Waals surface area contributed by atoms with Crippen LogP contribution in [0.15, 0.2) is 0 Å². The minimum atomic E-state index is -1.90. The Morgan fingerprint density at radius 2 is 1.65 bits per heavy atom. The third kappa shape index (κ3) is 3.58. The van der Waals surface area contributed by atoms with Crippen LogP contribution in [0.3, 0.4) is 0 Å². The Hall–Kier alpha value is 0.550. The molecule has 0 aromatic heterocycles. The van der Waals surface area contributed by atoms with Crippen LogP contribution in [0.2, 0.25) is 0 Å². The summed E-state index contributed by atoms with van der Waals surface area (Å²) in [5, 5.41) is 48.1. The molecule has 2 rings (SSSR count). The largest absolute Gasteiger partial charge is 0.394 e. The second kappa shape index (κ2) is 7.84. The van der Waals surface area contributed by atoms with Gasteiger partial charge in [-0.15, -0.1) is 34.8 Å². The van der Waals surface area contributed by atoms with Crippen LogP contribution in [0.25, 0.3) is 0 Å². The molecule has 0 aromatic rings. The summed E-state index contributed by atoms with van der Waals surface area (Å²) in [6.45, 7) is -0.526. The summed E-state index contributed by atoms with van der Waals surface area (Å²) in [5.74, 6) is -2.43. The highest BCUT2D eigenvalue weighted by Crippen LogP contribution is 2.37. The van der Waals surface area contributed by atoms with Crippen LogP contribution in [0.5, 0.6) is 0 Å². The summed E-state index contributed by atoms with van der Waals surface area (Å²) in [5.41, 5.74) is 0. The standard InChI is InChI=1S/C12H19Cl3O8/c13-1-4-7(17)10(20)12(3-14,22-4)23-11-9(19)8(18)6(15)5(2-16)21-11/h4-11,16-20H,1-3H2/t4?,5?,6?,7-,8?,9?,10+,11?,12-/m0/s1. The molecule has 2 aliphatic rings. The minimum absolute atomic E-state index is 0.125. The van der Waals surface area contributed by atoms with Crippen molar-refractivity contribution in [1.82, 2.24) is 0 Å². The molecule has 6 unspecified atom stereocenters. The lowest BCUT2D eigenvalue weighted by atomic mass is 10.0. The second-order valence-electron chi connectivity index (χ2n) is 5.46. The van der Waals surface area contributed by atoms with Gasteiger partial charge in [0, 0.05) is 0 Å². The second-order valence-corrected chi connectivity index (χ2v) is 6.54. The maximum atomic E-state index is 10.1. The number of aliphatic hydroxyl groups is 5. The number of alkyl halides is 3. The molecule has 5 N–H and O–H groups in total. The Morgan fingerprint density at radius 1 is 1.00 bits per heavy atom. The summed E-state index contributed by atoms with van der Waals surface area (Å²) >= 11 is 17.3. The van der Waals surface area contributed by atoms with Crippen LogP contribution >= 0.6 is 34.8 Å². The molecule has 0 aromatic carbocycles. The van der Waals surface area contributed by atoms with Crippen molar-refractivity contribution >= 4 is 34.8 Å². The van der Waals surface area contributed by atoms with Gasteiger partial charge >= 0.3 is 0 Å². The molecule has 9 atom stereocenters. The summed E-state index contributed by atoms with van der Waals surface area (Å²) in [6, 6.07) is 0. The Morgan fingerprint density at radius 3 is 2.13 bits per heavy atom. The Labute approximate surface area is 147 Å². The fourth-order valence-electron chi connectivity index (χ4n) is 2.56. The van der Waals surface area contributed by atoms with Crippen molar-refractivity contribution in [3.63, 3.8) is 0 Å². The predicted molar refractivity (Wildman–Crippen MR) is 79.5 cm³/mol. The van der Waals surface area contributed by atoms with Crippen LogP contribution in [-0.2, 0) is 14.2 Å². The fraction of sp³-hybridized carbons (Fsp3) is 1.00. The lowest BCUT2D eigenvalue weighted by Gasteiger charge is -2.43. The zero-order chi connectivity index (χ0) is 17.4. The molecule has 0 saturated carbocycles. The van der Waals surface area contributed by atoms with Crippen molar-refractivity contribution in [2.24, 2.45) is 0 Å². The molecule has 2 fully saturated rings. The van der Waals surface area contributed by atoms with Crippen LogP contribution in [-0.4, -0.2) is 98.0 Å². The first-order valence-electron chi connectivity index (χ1n) is 6.91. The van der Waals surface area contributed by atoms with E-state index in [4.69, 9.17) is 49.0 Å². The lowest BCUT2D eigenvalue weighted by molar-refractivity contribution is -0.357. The van der Waals surface area contributed by atoms with Crippen LogP contribution in [0.1, 0.15) is 0 Å². The first-order valence-corrected chi connectivity index (χ1v) is 8.42. The summed E-state index contributed by atoms with van der Waals surface area (Å²) in [4.78, 5) is 0. The third-order valence-corrected chi connectivity index (χ3v) is 5.17. The van der Waals surface area contributed by atoms with Gasteiger partial charge in [0.2, 0.25) is 5.79 Å². The first kappa shape index (κ1) is 19.9. The van der Waals surface area contributed by atoms with Gasteiger partial charge in [0.15, 0.2) is 6.29 Å². The molecule has 2 aliphatic heterocycles. The van der Waals surface area contributed by atoms with Crippen molar-refractivity contribution in [1.29, 1.82) is 0 Å². The average molecular weight is 398 g/mol. The number of ether oxygens (including phenoxy) is 3. The van der Waals surface area contributed by atoms with E-state index in [1.807, 2.05) is 0 Å². The molecule has 23 heavy (non-hydrogen) atoms. The van der Waals surface area contributed by atoms with Crippen molar-refractivity contribution in [3.8, 4) is 0 Å². The lowest BCUT2D eigenvalue weighted by Crippen LogP contribution is -2.61. The monoisotopic (exact) mass is 396 g/mol. The summed E-state index contributed by atoms with van der Waals surface area (Å²) in [6.07, 6.45) is -9.39. The molecule has 0 spiro atoms. The van der Waals surface area contributed by atoms with Gasteiger partial charge in [0.05, 0.1) is 23.7 Å². The number of hydrogen-bond donors (Lipinski definition) is 5. The van der Waals surface area contributed by atoms with Gasteiger partial charge in [-0.25, -0.2) is 0 Å². The molecule has 136 valence electrons. The van der Waals surface area contributed by atoms with E-state index in [0.717, 1.165) is 0 Å². The van der Waals surface area contributed by atoms with Gasteiger partial charge in [-0.1, -0.05) is 0 Å². The molecule has 11 heteroatoms. The molecule has 0 radical (unpaired) electrons. The van der Waals surface area contributed by atoms with Crippen molar-refractivity contribution in [2.45, 2.75) is 54.1 Å². The van der Waals surface area contributed by atoms with Crippen molar-refractivity contribution < 1.29 is 39.7 Å². The number of aliphatic hydroxyl groups excluding tert-OH is 5. The third-order valence-electron chi connectivity index (χ3n) is 3.96. The maximum absolute atomic E-state index is 10.1. The fourth-order valence-corrected chi connectivity index (χ4v) is 3.37. The predicted octanol–water partition coefficient (Wildman–Crippen LogP) is -1.66. The topological polar surface area (TPSA) is 129 Å². The minimum Gasteiger partial charge on any atom is -0.394 e.